The van der Waals surface area contributed by atoms with Gasteiger partial charge in [-0.05, 0) is 43.5 Å². The van der Waals surface area contributed by atoms with Crippen molar-refractivity contribution in [2.24, 2.45) is 11.8 Å². The van der Waals surface area contributed by atoms with Crippen molar-refractivity contribution >= 4 is 29.2 Å². The first kappa shape index (κ1) is 22.6. The zero-order chi connectivity index (χ0) is 23.4. The number of piperazine rings is 1. The number of carbonyl (C=O) groups excluding carboxylic acids is 2. The summed E-state index contributed by atoms with van der Waals surface area (Å²) in [5.41, 5.74) is 3.25. The molecule has 0 aromatic heterocycles. The van der Waals surface area contributed by atoms with E-state index in [-0.39, 0.29) is 11.8 Å². The van der Waals surface area contributed by atoms with E-state index in [0.29, 0.717) is 37.2 Å². The van der Waals surface area contributed by atoms with Crippen LogP contribution in [-0.4, -0.2) is 54.0 Å². The van der Waals surface area contributed by atoms with Gasteiger partial charge in [-0.15, -0.1) is 0 Å². The van der Waals surface area contributed by atoms with Crippen molar-refractivity contribution < 1.29 is 19.5 Å². The average molecular weight is 448 g/mol. The zero-order valence-corrected chi connectivity index (χ0v) is 18.7. The summed E-state index contributed by atoms with van der Waals surface area (Å²) in [4.78, 5) is 41.9. The maximum Gasteiger partial charge on any atom is 0.307 e. The quantitative estimate of drug-likeness (QED) is 0.684. The first-order valence-corrected chi connectivity index (χ1v) is 11.3. The van der Waals surface area contributed by atoms with Gasteiger partial charge in [0.15, 0.2) is 0 Å². The molecule has 0 spiro atoms. The third kappa shape index (κ3) is 4.92. The van der Waals surface area contributed by atoms with Crippen molar-refractivity contribution in [1.82, 2.24) is 4.90 Å². The molecule has 172 valence electrons. The summed E-state index contributed by atoms with van der Waals surface area (Å²) in [6.07, 6.45) is 4.35. The molecule has 0 unspecified atom stereocenters. The second kappa shape index (κ2) is 9.90. The minimum absolute atomic E-state index is 0.131. The molecule has 7 heteroatoms. The molecule has 1 fully saturated rings. The van der Waals surface area contributed by atoms with E-state index in [1.807, 2.05) is 23.1 Å². The normalized spacial score (nSPS) is 20.4. The Kier molecular flexibility index (Phi) is 6.77. The second-order valence-electron chi connectivity index (χ2n) is 8.59. The lowest BCUT2D eigenvalue weighted by Gasteiger charge is -2.37. The number of rotatable bonds is 5. The average Bonchev–Trinajstić information content (AvgIpc) is 2.84. The predicted molar refractivity (Wildman–Crippen MR) is 127 cm³/mol. The fourth-order valence-corrected chi connectivity index (χ4v) is 4.62. The van der Waals surface area contributed by atoms with Gasteiger partial charge >= 0.3 is 5.97 Å². The molecule has 0 saturated carbocycles. The molecular formula is C26H29N3O4. The summed E-state index contributed by atoms with van der Waals surface area (Å²) >= 11 is 0. The highest BCUT2D eigenvalue weighted by atomic mass is 16.4. The van der Waals surface area contributed by atoms with Gasteiger partial charge in [0.1, 0.15) is 0 Å². The smallest absolute Gasteiger partial charge is 0.307 e. The van der Waals surface area contributed by atoms with Gasteiger partial charge in [0.2, 0.25) is 5.91 Å². The van der Waals surface area contributed by atoms with E-state index in [1.165, 1.54) is 11.3 Å². The third-order valence-electron chi connectivity index (χ3n) is 6.52. The fraction of sp³-hybridized carbons (Fsp3) is 0.346. The maximum absolute atomic E-state index is 13.3. The van der Waals surface area contributed by atoms with Gasteiger partial charge in [-0.1, -0.05) is 42.5 Å². The van der Waals surface area contributed by atoms with Gasteiger partial charge in [-0.3, -0.25) is 14.4 Å². The number of hydrogen-bond donors (Lipinski definition) is 2. The summed E-state index contributed by atoms with van der Waals surface area (Å²) in [6.45, 7) is 4.73. The number of allylic oxidation sites excluding steroid dienone is 2. The van der Waals surface area contributed by atoms with Crippen LogP contribution in [0.3, 0.4) is 0 Å². The van der Waals surface area contributed by atoms with Gasteiger partial charge in [0.05, 0.1) is 23.1 Å². The summed E-state index contributed by atoms with van der Waals surface area (Å²) in [5, 5.41) is 12.3. The van der Waals surface area contributed by atoms with Crippen molar-refractivity contribution in [1.29, 1.82) is 0 Å². The fourth-order valence-electron chi connectivity index (χ4n) is 4.62. The lowest BCUT2D eigenvalue weighted by atomic mass is 9.82. The largest absolute Gasteiger partial charge is 0.481 e. The molecule has 2 aliphatic rings. The lowest BCUT2D eigenvalue weighted by Crippen LogP contribution is -2.49. The number of anilines is 2. The van der Waals surface area contributed by atoms with E-state index in [1.54, 1.807) is 30.3 Å². The molecule has 1 aliphatic carbocycles. The highest BCUT2D eigenvalue weighted by Gasteiger charge is 2.34. The van der Waals surface area contributed by atoms with Crippen LogP contribution in [0.4, 0.5) is 11.4 Å². The Morgan fingerprint density at radius 1 is 0.879 bits per heavy atom. The molecule has 4 rings (SSSR count). The van der Waals surface area contributed by atoms with Crippen molar-refractivity contribution in [3.05, 3.63) is 71.8 Å². The molecule has 2 N–H and O–H groups in total. The summed E-state index contributed by atoms with van der Waals surface area (Å²) in [6, 6.07) is 15.2. The highest BCUT2D eigenvalue weighted by molar-refractivity contribution is 6.04. The van der Waals surface area contributed by atoms with Crippen molar-refractivity contribution in [3.63, 3.8) is 0 Å². The summed E-state index contributed by atoms with van der Waals surface area (Å²) in [7, 11) is 0. The number of carboxylic acid groups (broad SMARTS) is 1. The summed E-state index contributed by atoms with van der Waals surface area (Å²) in [5.74, 6) is -2.89. The van der Waals surface area contributed by atoms with E-state index in [0.717, 1.165) is 13.1 Å². The van der Waals surface area contributed by atoms with Crippen molar-refractivity contribution in [3.8, 4) is 0 Å². The van der Waals surface area contributed by atoms with Gasteiger partial charge in [0.25, 0.3) is 5.91 Å². The van der Waals surface area contributed by atoms with Crippen LogP contribution in [-0.2, 0) is 9.59 Å². The van der Waals surface area contributed by atoms with Crippen molar-refractivity contribution in [2.75, 3.05) is 36.4 Å². The topological polar surface area (TPSA) is 90.0 Å². The number of aryl methyl sites for hydroxylation is 1. The number of amides is 2. The molecule has 7 nitrogen and oxygen atoms in total. The molecule has 2 aromatic rings. The minimum atomic E-state index is -0.976. The molecule has 0 bridgehead atoms. The van der Waals surface area contributed by atoms with Crippen molar-refractivity contribution in [2.45, 2.75) is 19.8 Å². The van der Waals surface area contributed by atoms with E-state index < -0.39 is 17.8 Å². The Morgan fingerprint density at radius 3 is 2.21 bits per heavy atom. The van der Waals surface area contributed by atoms with Crippen LogP contribution in [0, 0.1) is 18.8 Å². The van der Waals surface area contributed by atoms with Crippen LogP contribution < -0.4 is 10.2 Å². The first-order chi connectivity index (χ1) is 16.0. The third-order valence-corrected chi connectivity index (χ3v) is 6.52. The standard InChI is InChI=1S/C26H29N3O4/c1-18-8-2-7-13-23(18)28-14-16-29(17-15-28)25(31)21-11-5-6-12-22(21)27-24(30)19-9-3-4-10-20(19)26(32)33/h2-8,11-13,19-20H,9-10,14-17H2,1H3,(H,27,30)(H,32,33)/t19-,20+/m0/s1. The molecule has 2 aromatic carbocycles. The number of hydrogen-bond acceptors (Lipinski definition) is 4. The van der Waals surface area contributed by atoms with Crippen LogP contribution in [0.25, 0.3) is 0 Å². The number of carbonyl (C=O) groups is 3. The Bertz CT molecular complexity index is 1070. The molecule has 1 saturated heterocycles. The van der Waals surface area contributed by atoms with Gasteiger partial charge in [0, 0.05) is 31.9 Å². The molecule has 0 radical (unpaired) electrons. The number of nitrogens with one attached hydrogen (secondary N) is 1. The maximum atomic E-state index is 13.3. The van der Waals surface area contributed by atoms with Gasteiger partial charge in [-0.25, -0.2) is 0 Å². The SMILES string of the molecule is Cc1ccccc1N1CCN(C(=O)c2ccccc2NC(=O)[C@H]2CC=CC[C@H]2C(=O)O)CC1. The first-order valence-electron chi connectivity index (χ1n) is 11.3. The van der Waals surface area contributed by atoms with E-state index in [2.05, 4.69) is 29.3 Å². The van der Waals surface area contributed by atoms with Crippen LogP contribution in [0.1, 0.15) is 28.8 Å². The van der Waals surface area contributed by atoms with Gasteiger partial charge in [-0.2, -0.15) is 0 Å². The van der Waals surface area contributed by atoms with E-state index >= 15 is 0 Å². The molecule has 1 aliphatic heterocycles. The second-order valence-corrected chi connectivity index (χ2v) is 8.59. The Balaban J connectivity index is 1.45. The Hall–Kier alpha value is -3.61. The Labute approximate surface area is 193 Å². The van der Waals surface area contributed by atoms with Crippen LogP contribution in [0.5, 0.6) is 0 Å². The predicted octanol–water partition coefficient (Wildman–Crippen LogP) is 3.56. The van der Waals surface area contributed by atoms with E-state index in [4.69, 9.17) is 0 Å². The zero-order valence-electron chi connectivity index (χ0n) is 18.7. The van der Waals surface area contributed by atoms with Crippen LogP contribution in [0.15, 0.2) is 60.7 Å². The number of aliphatic carboxylic acids is 1. The number of para-hydroxylation sites is 2. The molecule has 33 heavy (non-hydrogen) atoms. The molecule has 2 amide bonds. The number of carboxylic acids is 1. The molecular weight excluding hydrogens is 418 g/mol. The highest BCUT2D eigenvalue weighted by Crippen LogP contribution is 2.28. The lowest BCUT2D eigenvalue weighted by molar-refractivity contribution is -0.146. The molecule has 1 heterocycles. The monoisotopic (exact) mass is 447 g/mol. The minimum Gasteiger partial charge on any atom is -0.481 e. The van der Waals surface area contributed by atoms with Crippen LogP contribution >= 0.6 is 0 Å². The van der Waals surface area contributed by atoms with E-state index in [9.17, 15) is 19.5 Å². The molecule has 2 atom stereocenters. The summed E-state index contributed by atoms with van der Waals surface area (Å²) < 4.78 is 0. The number of benzene rings is 2. The Morgan fingerprint density at radius 2 is 1.52 bits per heavy atom. The van der Waals surface area contributed by atoms with Gasteiger partial charge < -0.3 is 20.2 Å². The number of nitrogens with zero attached hydrogens (tertiary/aromatic N) is 2. The van der Waals surface area contributed by atoms with Crippen LogP contribution in [0.2, 0.25) is 0 Å².